The second-order valence-electron chi connectivity index (χ2n) is 4.28. The lowest BCUT2D eigenvalue weighted by atomic mass is 10.2. The normalized spacial score (nSPS) is 13.5. The zero-order valence-electron chi connectivity index (χ0n) is 10.2. The van der Waals surface area contributed by atoms with E-state index in [0.29, 0.717) is 22.4 Å². The van der Waals surface area contributed by atoms with Gasteiger partial charge in [0.05, 0.1) is 16.8 Å². The summed E-state index contributed by atoms with van der Waals surface area (Å²) in [6, 6.07) is 8.19. The molecule has 5 nitrogen and oxygen atoms in total. The van der Waals surface area contributed by atoms with E-state index >= 15 is 0 Å². The third-order valence-corrected chi connectivity index (χ3v) is 3.33. The van der Waals surface area contributed by atoms with Gasteiger partial charge in [-0.3, -0.25) is 14.6 Å². The molecule has 20 heavy (non-hydrogen) atoms. The maximum atomic E-state index is 12.3. The molecule has 0 spiro atoms. The number of rotatable bonds is 2. The third-order valence-electron chi connectivity index (χ3n) is 3.10. The highest BCUT2D eigenvalue weighted by atomic mass is 32.1. The molecule has 0 bridgehead atoms. The highest BCUT2D eigenvalue weighted by Gasteiger charge is 2.36. The van der Waals surface area contributed by atoms with Gasteiger partial charge in [0, 0.05) is 18.0 Å². The predicted molar refractivity (Wildman–Crippen MR) is 77.7 cm³/mol. The Kier molecular flexibility index (Phi) is 2.80. The monoisotopic (exact) mass is 283 g/mol. The van der Waals surface area contributed by atoms with Crippen LogP contribution in [0.4, 0.5) is 5.69 Å². The van der Waals surface area contributed by atoms with Crippen molar-refractivity contribution in [3.05, 3.63) is 59.4 Å². The van der Waals surface area contributed by atoms with Gasteiger partial charge in [-0.2, -0.15) is 0 Å². The van der Waals surface area contributed by atoms with Crippen LogP contribution in [0.5, 0.6) is 0 Å². The molecule has 3 rings (SSSR count). The van der Waals surface area contributed by atoms with E-state index in [0.717, 1.165) is 4.90 Å². The van der Waals surface area contributed by atoms with E-state index in [1.54, 1.807) is 30.3 Å². The first-order valence-corrected chi connectivity index (χ1v) is 6.23. The topological polar surface area (TPSA) is 76.3 Å². The molecule has 0 atom stereocenters. The molecule has 2 aromatic rings. The number of amides is 2. The lowest BCUT2D eigenvalue weighted by molar-refractivity contribution is 0.0926. The summed E-state index contributed by atoms with van der Waals surface area (Å²) >= 11 is 4.87. The van der Waals surface area contributed by atoms with Crippen LogP contribution >= 0.6 is 12.2 Å². The fraction of sp³-hybridized carbons (Fsp3) is 0. The lowest BCUT2D eigenvalue weighted by Crippen LogP contribution is -2.29. The molecule has 1 aromatic heterocycles. The fourth-order valence-electron chi connectivity index (χ4n) is 2.09. The third kappa shape index (κ3) is 1.78. The van der Waals surface area contributed by atoms with Crippen LogP contribution in [0.3, 0.4) is 0 Å². The van der Waals surface area contributed by atoms with Crippen molar-refractivity contribution in [3.63, 3.8) is 0 Å². The Morgan fingerprint density at radius 2 is 1.70 bits per heavy atom. The molecule has 2 heterocycles. The van der Waals surface area contributed by atoms with Gasteiger partial charge in [-0.1, -0.05) is 12.2 Å². The molecule has 1 aromatic carbocycles. The van der Waals surface area contributed by atoms with Crippen molar-refractivity contribution < 1.29 is 9.59 Å². The van der Waals surface area contributed by atoms with Crippen molar-refractivity contribution >= 4 is 34.7 Å². The number of carbonyl (C=O) groups is 2. The Hall–Kier alpha value is -2.60. The molecule has 1 aliphatic rings. The number of fused-ring (bicyclic) bond motifs is 1. The van der Waals surface area contributed by atoms with Gasteiger partial charge in [0.25, 0.3) is 11.8 Å². The second kappa shape index (κ2) is 4.50. The van der Waals surface area contributed by atoms with Crippen LogP contribution in [0, 0.1) is 0 Å². The van der Waals surface area contributed by atoms with Crippen molar-refractivity contribution in [1.82, 2.24) is 4.98 Å². The van der Waals surface area contributed by atoms with Crippen molar-refractivity contribution in [1.29, 1.82) is 0 Å². The van der Waals surface area contributed by atoms with E-state index in [9.17, 15) is 9.59 Å². The number of nitrogens with zero attached hydrogens (tertiary/aromatic N) is 2. The number of carbonyl (C=O) groups excluding carboxylic acids is 2. The molecule has 98 valence electrons. The molecule has 2 amide bonds. The summed E-state index contributed by atoms with van der Waals surface area (Å²) < 4.78 is 0. The zero-order chi connectivity index (χ0) is 14.3. The van der Waals surface area contributed by atoms with Crippen LogP contribution in [0.1, 0.15) is 26.3 Å². The molecule has 2 N–H and O–H groups in total. The number of benzene rings is 1. The number of imide groups is 1. The summed E-state index contributed by atoms with van der Waals surface area (Å²) in [7, 11) is 0. The summed E-state index contributed by atoms with van der Waals surface area (Å²) in [5.41, 5.74) is 7.36. The fourth-order valence-corrected chi connectivity index (χ4v) is 2.23. The van der Waals surface area contributed by atoms with Crippen LogP contribution in [-0.4, -0.2) is 21.8 Å². The van der Waals surface area contributed by atoms with Crippen LogP contribution < -0.4 is 10.6 Å². The first kappa shape index (κ1) is 12.4. The summed E-state index contributed by atoms with van der Waals surface area (Å²) in [4.78, 5) is 29.8. The average Bonchev–Trinajstić information content (AvgIpc) is 2.72. The summed E-state index contributed by atoms with van der Waals surface area (Å²) in [5.74, 6) is -0.725. The van der Waals surface area contributed by atoms with Gasteiger partial charge in [0.2, 0.25) is 0 Å². The molecule has 0 unspecified atom stereocenters. The molecule has 0 radical (unpaired) electrons. The van der Waals surface area contributed by atoms with E-state index in [4.69, 9.17) is 18.0 Å². The van der Waals surface area contributed by atoms with Gasteiger partial charge in [-0.25, -0.2) is 4.90 Å². The van der Waals surface area contributed by atoms with Crippen molar-refractivity contribution in [2.24, 2.45) is 5.73 Å². The van der Waals surface area contributed by atoms with E-state index in [-0.39, 0.29) is 16.8 Å². The summed E-state index contributed by atoms with van der Waals surface area (Å²) in [6.07, 6.45) is 2.89. The van der Waals surface area contributed by atoms with Crippen LogP contribution in [0.2, 0.25) is 0 Å². The van der Waals surface area contributed by atoms with Gasteiger partial charge in [0.1, 0.15) is 4.99 Å². The minimum absolute atomic E-state index is 0.267. The maximum Gasteiger partial charge on any atom is 0.267 e. The van der Waals surface area contributed by atoms with Gasteiger partial charge in [-0.05, 0) is 30.3 Å². The second-order valence-corrected chi connectivity index (χ2v) is 4.72. The van der Waals surface area contributed by atoms with E-state index < -0.39 is 0 Å². The van der Waals surface area contributed by atoms with Crippen molar-refractivity contribution in [3.8, 4) is 0 Å². The highest BCUT2D eigenvalue weighted by molar-refractivity contribution is 7.80. The van der Waals surface area contributed by atoms with Crippen LogP contribution in [-0.2, 0) is 0 Å². The summed E-state index contributed by atoms with van der Waals surface area (Å²) in [5, 5.41) is 0. The standard InChI is InChI=1S/C14H9N3O2S/c15-12(20)8-1-3-9(4-2-8)17-13(18)10-5-6-16-7-11(10)14(17)19/h1-7H,(H2,15,20). The molecule has 0 saturated carbocycles. The summed E-state index contributed by atoms with van der Waals surface area (Å²) in [6.45, 7) is 0. The molecule has 0 fully saturated rings. The Morgan fingerprint density at radius 3 is 2.30 bits per heavy atom. The molecule has 0 aliphatic carbocycles. The van der Waals surface area contributed by atoms with Crippen molar-refractivity contribution in [2.75, 3.05) is 4.90 Å². The first-order valence-electron chi connectivity index (χ1n) is 5.82. The predicted octanol–water partition coefficient (Wildman–Crippen LogP) is 1.52. The number of thiocarbonyl (C=S) groups is 1. The van der Waals surface area contributed by atoms with E-state index in [1.165, 1.54) is 12.4 Å². The Balaban J connectivity index is 2.02. The lowest BCUT2D eigenvalue weighted by Gasteiger charge is -2.14. The SMILES string of the molecule is NC(=S)c1ccc(N2C(=O)c3ccncc3C2=O)cc1. The van der Waals surface area contributed by atoms with Gasteiger partial charge >= 0.3 is 0 Å². The quantitative estimate of drug-likeness (QED) is 0.668. The highest BCUT2D eigenvalue weighted by Crippen LogP contribution is 2.27. The van der Waals surface area contributed by atoms with E-state index in [1.807, 2.05) is 0 Å². The number of hydrogen-bond acceptors (Lipinski definition) is 4. The molecular formula is C14H9N3O2S. The number of aromatic nitrogens is 1. The smallest absolute Gasteiger partial charge is 0.267 e. The Morgan fingerprint density at radius 1 is 1.05 bits per heavy atom. The van der Waals surface area contributed by atoms with Gasteiger partial charge in [-0.15, -0.1) is 0 Å². The molecule has 1 aliphatic heterocycles. The van der Waals surface area contributed by atoms with Crippen molar-refractivity contribution in [2.45, 2.75) is 0 Å². The molecule has 0 saturated heterocycles. The van der Waals surface area contributed by atoms with Crippen LogP contribution in [0.25, 0.3) is 0 Å². The minimum atomic E-state index is -0.374. The van der Waals surface area contributed by atoms with Crippen LogP contribution in [0.15, 0.2) is 42.7 Å². The number of nitrogens with two attached hydrogens (primary N) is 1. The molecule has 6 heteroatoms. The molecular weight excluding hydrogens is 274 g/mol. The van der Waals surface area contributed by atoms with Gasteiger partial charge < -0.3 is 5.73 Å². The largest absolute Gasteiger partial charge is 0.389 e. The van der Waals surface area contributed by atoms with Gasteiger partial charge in [0.15, 0.2) is 0 Å². The average molecular weight is 283 g/mol. The minimum Gasteiger partial charge on any atom is -0.389 e. The maximum absolute atomic E-state index is 12.3. The first-order chi connectivity index (χ1) is 9.59. The Labute approximate surface area is 120 Å². The Bertz CT molecular complexity index is 705. The van der Waals surface area contributed by atoms with E-state index in [2.05, 4.69) is 4.98 Å². The number of anilines is 1. The number of pyridine rings is 1. The number of hydrogen-bond donors (Lipinski definition) is 1. The zero-order valence-corrected chi connectivity index (χ0v) is 11.1.